The number of aryl methyl sites for hydroxylation is 2. The summed E-state index contributed by atoms with van der Waals surface area (Å²) in [5.74, 6) is 0. The number of hydrogen-bond acceptors (Lipinski definition) is 5. The van der Waals surface area contributed by atoms with Crippen molar-refractivity contribution in [2.45, 2.75) is 33.1 Å². The molecule has 18 rings (SSSR count). The third-order valence-corrected chi connectivity index (χ3v) is 17.7. The minimum Gasteiger partial charge on any atom is -0.305 e. The molecule has 12 aromatic carbocycles. The number of rotatable bonds is 5. The quantitative estimate of drug-likeness (QED) is 0.161. The fourth-order valence-electron chi connectivity index (χ4n) is 12.7. The second-order valence-electron chi connectivity index (χ2n) is 24.0. The standard InChI is InChI=1S/C21H14N.C19H12N.C18H14N.C17H14N.C15H10N.5Ir/c1-3-9-16(10-4-1)20-15-22-21(17-11-5-2-6-12-17)19-14-8-7-13-18(19)20;1-2-7-16-13-17(10-9-14(16)5-1)19-18-8-4-3-6-15(18)11-12-20-19;1-18(2)14-8-4-3-7-13(14)17-16-12(10-11-19-17)6-5-9-15(16)18;1-12-7-8-15(11-13(12)2)17-16-6-4-3-5-14(16)9-10-18-17;1-2-8-13-12(6-1)7-5-9-14(13)15-10-3-4-11-16-15;;;;;/h1-11,13-15H;1-9,11-13H;3-6,8-11H,1-2H3;3-7,9-11H,1-2H3;1-8,10-11H;;;;;/q5*-1;;;;;. The van der Waals surface area contributed by atoms with Crippen LogP contribution < -0.4 is 0 Å². The van der Waals surface area contributed by atoms with E-state index < -0.39 is 0 Å². The molecule has 0 fully saturated rings. The molecule has 499 valence electrons. The Kier molecular flexibility index (Phi) is 26.4. The van der Waals surface area contributed by atoms with Crippen LogP contribution in [0.25, 0.3) is 132 Å². The Morgan fingerprint density at radius 2 is 0.820 bits per heavy atom. The Labute approximate surface area is 652 Å². The summed E-state index contributed by atoms with van der Waals surface area (Å²) in [5.41, 5.74) is 18.0. The predicted octanol–water partition coefficient (Wildman–Crippen LogP) is 22.6. The van der Waals surface area contributed by atoms with Gasteiger partial charge in [-0.15, -0.1) is 164 Å². The Morgan fingerprint density at radius 1 is 0.300 bits per heavy atom. The van der Waals surface area contributed by atoms with Gasteiger partial charge in [-0.25, -0.2) is 0 Å². The van der Waals surface area contributed by atoms with Gasteiger partial charge in [0.25, 0.3) is 0 Å². The van der Waals surface area contributed by atoms with Gasteiger partial charge in [0.15, 0.2) is 0 Å². The van der Waals surface area contributed by atoms with Crippen molar-refractivity contribution in [3.63, 3.8) is 0 Å². The summed E-state index contributed by atoms with van der Waals surface area (Å²) in [6.45, 7) is 8.79. The molecule has 1 aliphatic carbocycles. The average Bonchev–Trinajstić information content (AvgIpc) is 0.724. The molecule has 0 unspecified atom stereocenters. The van der Waals surface area contributed by atoms with Gasteiger partial charge in [-0.1, -0.05) is 220 Å². The minimum absolute atomic E-state index is 0. The molecule has 100 heavy (non-hydrogen) atoms. The third kappa shape index (κ3) is 16.3. The number of nitrogens with zero attached hydrogens (tertiary/aromatic N) is 5. The number of benzene rings is 12. The van der Waals surface area contributed by atoms with E-state index in [0.717, 1.165) is 67.2 Å². The second kappa shape index (κ2) is 35.0. The smallest absolute Gasteiger partial charge is 0.0245 e. The molecule has 0 spiro atoms. The molecular weight excluding hydrogens is 2110 g/mol. The van der Waals surface area contributed by atoms with Crippen LogP contribution >= 0.6 is 0 Å². The molecule has 5 nitrogen and oxygen atoms in total. The summed E-state index contributed by atoms with van der Waals surface area (Å²) >= 11 is 0. The molecular formula is C90H64Ir5N5-5. The maximum absolute atomic E-state index is 4.72. The number of hydrogen-bond donors (Lipinski definition) is 0. The van der Waals surface area contributed by atoms with Crippen LogP contribution in [-0.4, -0.2) is 24.9 Å². The Bertz CT molecular complexity index is 5480. The maximum Gasteiger partial charge on any atom is 0.0245 e. The van der Waals surface area contributed by atoms with E-state index in [4.69, 9.17) is 4.98 Å². The number of pyridine rings is 5. The molecule has 0 saturated carbocycles. The number of aromatic nitrogens is 5. The Balaban J connectivity index is 0.000000144. The topological polar surface area (TPSA) is 64.5 Å². The first kappa shape index (κ1) is 75.4. The molecule has 10 heteroatoms. The first-order valence-electron chi connectivity index (χ1n) is 31.9. The van der Waals surface area contributed by atoms with E-state index >= 15 is 0 Å². The molecule has 0 bridgehead atoms. The zero-order chi connectivity index (χ0) is 64.5. The maximum atomic E-state index is 4.72. The van der Waals surface area contributed by atoms with E-state index in [1.807, 2.05) is 128 Å². The third-order valence-electron chi connectivity index (χ3n) is 17.7. The van der Waals surface area contributed by atoms with Gasteiger partial charge in [-0.05, 0) is 112 Å². The molecule has 5 radical (unpaired) electrons. The summed E-state index contributed by atoms with van der Waals surface area (Å²) < 4.78 is 0. The fraction of sp³-hybridized carbons (Fsp3) is 0.0556. The summed E-state index contributed by atoms with van der Waals surface area (Å²) in [6, 6.07) is 114. The summed E-state index contributed by atoms with van der Waals surface area (Å²) in [4.78, 5) is 22.8. The largest absolute Gasteiger partial charge is 0.305 e. The van der Waals surface area contributed by atoms with Crippen molar-refractivity contribution in [3.05, 3.63) is 369 Å². The van der Waals surface area contributed by atoms with Crippen LogP contribution in [0.3, 0.4) is 0 Å². The van der Waals surface area contributed by atoms with Crippen LogP contribution in [0.4, 0.5) is 0 Å². The van der Waals surface area contributed by atoms with Crippen LogP contribution in [0.1, 0.15) is 36.1 Å². The average molecular weight is 2180 g/mol. The molecule has 0 N–H and O–H groups in total. The van der Waals surface area contributed by atoms with Gasteiger partial charge in [0.05, 0.1) is 0 Å². The normalized spacial score (nSPS) is 11.1. The molecule has 0 amide bonds. The Morgan fingerprint density at radius 3 is 1.48 bits per heavy atom. The first-order valence-corrected chi connectivity index (χ1v) is 31.9. The van der Waals surface area contributed by atoms with Gasteiger partial charge in [-0.2, -0.15) is 0 Å². The van der Waals surface area contributed by atoms with E-state index in [9.17, 15) is 0 Å². The van der Waals surface area contributed by atoms with E-state index in [0.29, 0.717) is 0 Å². The predicted molar refractivity (Wildman–Crippen MR) is 395 cm³/mol. The van der Waals surface area contributed by atoms with Gasteiger partial charge >= 0.3 is 0 Å². The first-order chi connectivity index (χ1) is 46.7. The van der Waals surface area contributed by atoms with E-state index in [1.54, 1.807) is 0 Å². The second-order valence-corrected chi connectivity index (χ2v) is 24.0. The van der Waals surface area contributed by atoms with Crippen molar-refractivity contribution >= 4 is 64.6 Å². The van der Waals surface area contributed by atoms with Crippen LogP contribution in [0.5, 0.6) is 0 Å². The summed E-state index contributed by atoms with van der Waals surface area (Å²) in [6.07, 6.45) is 9.39. The fourth-order valence-corrected chi connectivity index (χ4v) is 12.7. The van der Waals surface area contributed by atoms with Crippen LogP contribution in [-0.2, 0) is 106 Å². The van der Waals surface area contributed by atoms with E-state index in [2.05, 4.69) is 266 Å². The molecule has 0 atom stereocenters. The molecule has 5 heterocycles. The zero-order valence-corrected chi connectivity index (χ0v) is 66.9. The van der Waals surface area contributed by atoms with Crippen molar-refractivity contribution in [2.75, 3.05) is 0 Å². The number of fused-ring (bicyclic) bond motifs is 7. The Hall–Kier alpha value is -8.80. The van der Waals surface area contributed by atoms with Gasteiger partial charge in [0.1, 0.15) is 0 Å². The molecule has 0 saturated heterocycles. The van der Waals surface area contributed by atoms with Crippen molar-refractivity contribution < 1.29 is 101 Å². The van der Waals surface area contributed by atoms with E-state index in [-0.39, 0.29) is 106 Å². The van der Waals surface area contributed by atoms with Crippen molar-refractivity contribution in [1.82, 2.24) is 24.9 Å². The van der Waals surface area contributed by atoms with Gasteiger partial charge in [0, 0.05) is 137 Å². The SMILES string of the molecule is CC1(C)c2ccc[c-]c2-c2nccc3cccc1c23.Cc1c[c-]c(-c2nccc3ccccc23)cc1C.[Ir].[Ir].[Ir].[Ir].[Ir].[c-]1cc2ccccc2cc1-c1nccc2ccccc12.[c-]1ccc2ccccc2c1-c1ccccn1.[c-]1ccccc1-c1ncc(-c2ccccc2)c2ccccc12. The van der Waals surface area contributed by atoms with Crippen molar-refractivity contribution in [3.8, 4) is 67.4 Å². The van der Waals surface area contributed by atoms with Crippen LogP contribution in [0, 0.1) is 44.2 Å². The van der Waals surface area contributed by atoms with Crippen molar-refractivity contribution in [2.24, 2.45) is 0 Å². The van der Waals surface area contributed by atoms with Crippen molar-refractivity contribution in [1.29, 1.82) is 0 Å². The van der Waals surface area contributed by atoms with Crippen LogP contribution in [0.15, 0.2) is 316 Å². The zero-order valence-electron chi connectivity index (χ0n) is 54.9. The summed E-state index contributed by atoms with van der Waals surface area (Å²) in [7, 11) is 0. The monoisotopic (exact) mass is 2180 g/mol. The van der Waals surface area contributed by atoms with E-state index in [1.165, 1.54) is 87.1 Å². The molecule has 17 aromatic rings. The van der Waals surface area contributed by atoms with Gasteiger partial charge < -0.3 is 24.9 Å². The van der Waals surface area contributed by atoms with Gasteiger partial charge in [-0.3, -0.25) is 0 Å². The molecule has 0 aliphatic heterocycles. The molecule has 1 aliphatic rings. The minimum atomic E-state index is 0. The van der Waals surface area contributed by atoms with Crippen LogP contribution in [0.2, 0.25) is 0 Å². The van der Waals surface area contributed by atoms with Gasteiger partial charge in [0.2, 0.25) is 0 Å². The summed E-state index contributed by atoms with van der Waals surface area (Å²) in [5, 5.41) is 14.5. The molecule has 5 aromatic heterocycles.